The maximum absolute atomic E-state index is 12.6. The van der Waals surface area contributed by atoms with Gasteiger partial charge in [0.15, 0.2) is 0 Å². The van der Waals surface area contributed by atoms with Gasteiger partial charge in [-0.25, -0.2) is 0 Å². The van der Waals surface area contributed by atoms with Crippen molar-refractivity contribution in [2.24, 2.45) is 5.92 Å². The molecule has 1 saturated heterocycles. The summed E-state index contributed by atoms with van der Waals surface area (Å²) >= 11 is 0. The number of rotatable bonds is 8. The Kier molecular flexibility index (Phi) is 7.89. The number of nitrogens with zero attached hydrogens (tertiary/aromatic N) is 3. The van der Waals surface area contributed by atoms with Crippen molar-refractivity contribution in [3.63, 3.8) is 0 Å². The summed E-state index contributed by atoms with van der Waals surface area (Å²) in [6, 6.07) is 10.3. The SMILES string of the molecule is COc1ccc(C(CNC(=O)C2CCCN(CCC#N)C2)N(C)C)cc1. The average Bonchev–Trinajstić information content (AvgIpc) is 2.66. The fourth-order valence-electron chi connectivity index (χ4n) is 3.45. The number of nitriles is 1. The molecule has 1 aromatic rings. The van der Waals surface area contributed by atoms with Crippen LogP contribution in [-0.2, 0) is 4.79 Å². The minimum absolute atomic E-state index is 0.0149. The Morgan fingerprint density at radius 3 is 2.77 bits per heavy atom. The molecule has 1 aliphatic heterocycles. The van der Waals surface area contributed by atoms with Gasteiger partial charge in [0.05, 0.1) is 25.1 Å². The van der Waals surface area contributed by atoms with E-state index in [0.29, 0.717) is 13.0 Å². The van der Waals surface area contributed by atoms with Crippen LogP contribution in [0, 0.1) is 17.2 Å². The lowest BCUT2D eigenvalue weighted by atomic mass is 9.96. The van der Waals surface area contributed by atoms with Gasteiger partial charge in [-0.05, 0) is 51.2 Å². The van der Waals surface area contributed by atoms with Crippen LogP contribution in [0.4, 0.5) is 0 Å². The van der Waals surface area contributed by atoms with E-state index < -0.39 is 0 Å². The van der Waals surface area contributed by atoms with Crippen molar-refractivity contribution in [3.05, 3.63) is 29.8 Å². The van der Waals surface area contributed by atoms with Crippen LogP contribution < -0.4 is 10.1 Å². The molecule has 26 heavy (non-hydrogen) atoms. The molecule has 0 spiro atoms. The average molecular weight is 358 g/mol. The molecule has 1 heterocycles. The third-order valence-electron chi connectivity index (χ3n) is 5.01. The summed E-state index contributed by atoms with van der Waals surface area (Å²) in [6.07, 6.45) is 2.46. The molecule has 142 valence electrons. The molecular formula is C20H30N4O2. The number of ether oxygens (including phenoxy) is 1. The van der Waals surface area contributed by atoms with Gasteiger partial charge in [-0.3, -0.25) is 4.79 Å². The standard InChI is InChI=1S/C20H30N4O2/c1-23(2)19(16-7-9-18(26-3)10-8-16)14-22-20(25)17-6-4-12-24(15-17)13-5-11-21/h7-10,17,19H,4-6,12-15H2,1-3H3,(H,22,25). The van der Waals surface area contributed by atoms with Crippen molar-refractivity contribution in [1.82, 2.24) is 15.1 Å². The topological polar surface area (TPSA) is 68.6 Å². The Morgan fingerprint density at radius 1 is 1.42 bits per heavy atom. The molecule has 0 saturated carbocycles. The lowest BCUT2D eigenvalue weighted by Gasteiger charge is -2.32. The molecule has 0 radical (unpaired) electrons. The highest BCUT2D eigenvalue weighted by molar-refractivity contribution is 5.79. The zero-order chi connectivity index (χ0) is 18.9. The molecule has 0 aromatic heterocycles. The smallest absolute Gasteiger partial charge is 0.224 e. The molecular weight excluding hydrogens is 328 g/mol. The minimum atomic E-state index is 0.0149. The summed E-state index contributed by atoms with van der Waals surface area (Å²) < 4.78 is 5.22. The van der Waals surface area contributed by atoms with E-state index in [9.17, 15) is 4.79 Å². The van der Waals surface area contributed by atoms with E-state index in [1.165, 1.54) is 0 Å². The highest BCUT2D eigenvalue weighted by Gasteiger charge is 2.26. The number of piperidine rings is 1. The Labute approximate surface area is 156 Å². The van der Waals surface area contributed by atoms with Gasteiger partial charge in [-0.2, -0.15) is 5.26 Å². The van der Waals surface area contributed by atoms with Gasteiger partial charge >= 0.3 is 0 Å². The van der Waals surface area contributed by atoms with Crippen LogP contribution >= 0.6 is 0 Å². The van der Waals surface area contributed by atoms with E-state index in [2.05, 4.69) is 21.2 Å². The van der Waals surface area contributed by atoms with Gasteiger partial charge in [0.2, 0.25) is 5.91 Å². The van der Waals surface area contributed by atoms with E-state index in [0.717, 1.165) is 43.8 Å². The molecule has 0 aliphatic carbocycles. The van der Waals surface area contributed by atoms with Gasteiger partial charge in [-0.1, -0.05) is 12.1 Å². The summed E-state index contributed by atoms with van der Waals surface area (Å²) in [5.41, 5.74) is 1.15. The Hall–Kier alpha value is -2.10. The molecule has 1 aliphatic rings. The Morgan fingerprint density at radius 2 is 2.15 bits per heavy atom. The molecule has 2 unspecified atom stereocenters. The number of amides is 1. The van der Waals surface area contributed by atoms with Crippen LogP contribution in [0.15, 0.2) is 24.3 Å². The van der Waals surface area contributed by atoms with Crippen LogP contribution in [0.25, 0.3) is 0 Å². The van der Waals surface area contributed by atoms with Crippen molar-refractivity contribution in [3.8, 4) is 11.8 Å². The zero-order valence-corrected chi connectivity index (χ0v) is 16.1. The van der Waals surface area contributed by atoms with Crippen molar-refractivity contribution in [2.75, 3.05) is 47.4 Å². The van der Waals surface area contributed by atoms with Gasteiger partial charge < -0.3 is 19.9 Å². The first-order valence-corrected chi connectivity index (χ1v) is 9.22. The molecule has 1 amide bonds. The molecule has 0 bridgehead atoms. The molecule has 2 rings (SSSR count). The third kappa shape index (κ3) is 5.72. The van der Waals surface area contributed by atoms with Gasteiger partial charge in [0, 0.05) is 26.1 Å². The van der Waals surface area contributed by atoms with Crippen LogP contribution in [0.1, 0.15) is 30.9 Å². The molecule has 6 heteroatoms. The minimum Gasteiger partial charge on any atom is -0.497 e. The first-order chi connectivity index (χ1) is 12.5. The number of hydrogen-bond donors (Lipinski definition) is 1. The van der Waals surface area contributed by atoms with E-state index >= 15 is 0 Å². The number of benzene rings is 1. The van der Waals surface area contributed by atoms with Gasteiger partial charge in [-0.15, -0.1) is 0 Å². The molecule has 1 fully saturated rings. The Balaban J connectivity index is 1.91. The lowest BCUT2D eigenvalue weighted by Crippen LogP contribution is -2.45. The number of hydrogen-bond acceptors (Lipinski definition) is 5. The lowest BCUT2D eigenvalue weighted by molar-refractivity contribution is -0.126. The fourth-order valence-corrected chi connectivity index (χ4v) is 3.45. The number of carbonyl (C=O) groups excluding carboxylic acids is 1. The normalized spacial score (nSPS) is 19.0. The van der Waals surface area contributed by atoms with Crippen molar-refractivity contribution < 1.29 is 9.53 Å². The predicted octanol–water partition coefficient (Wildman–Crippen LogP) is 2.04. The fraction of sp³-hybridized carbons (Fsp3) is 0.600. The highest BCUT2D eigenvalue weighted by atomic mass is 16.5. The second-order valence-corrected chi connectivity index (χ2v) is 7.05. The Bertz CT molecular complexity index is 609. The second kappa shape index (κ2) is 10.1. The second-order valence-electron chi connectivity index (χ2n) is 7.05. The summed E-state index contributed by atoms with van der Waals surface area (Å²) in [6.45, 7) is 3.07. The highest BCUT2D eigenvalue weighted by Crippen LogP contribution is 2.22. The van der Waals surface area contributed by atoms with Gasteiger partial charge in [0.25, 0.3) is 0 Å². The summed E-state index contributed by atoms with van der Waals surface area (Å²) in [4.78, 5) is 17.0. The number of carbonyl (C=O) groups is 1. The zero-order valence-electron chi connectivity index (χ0n) is 16.1. The van der Waals surface area contributed by atoms with Crippen LogP contribution in [0.3, 0.4) is 0 Å². The van der Waals surface area contributed by atoms with E-state index in [4.69, 9.17) is 10.00 Å². The molecule has 1 N–H and O–H groups in total. The first kappa shape index (κ1) is 20.2. The largest absolute Gasteiger partial charge is 0.497 e. The summed E-state index contributed by atoms with van der Waals surface area (Å²) in [7, 11) is 5.69. The van der Waals surface area contributed by atoms with Crippen LogP contribution in [0.5, 0.6) is 5.75 Å². The van der Waals surface area contributed by atoms with E-state index in [1.54, 1.807) is 7.11 Å². The van der Waals surface area contributed by atoms with Crippen LogP contribution in [0.2, 0.25) is 0 Å². The first-order valence-electron chi connectivity index (χ1n) is 9.22. The third-order valence-corrected chi connectivity index (χ3v) is 5.01. The maximum Gasteiger partial charge on any atom is 0.224 e. The summed E-state index contributed by atoms with van der Waals surface area (Å²) in [5, 5.41) is 11.9. The van der Waals surface area contributed by atoms with Gasteiger partial charge in [0.1, 0.15) is 5.75 Å². The maximum atomic E-state index is 12.6. The molecule has 6 nitrogen and oxygen atoms in total. The van der Waals surface area contributed by atoms with E-state index in [-0.39, 0.29) is 17.9 Å². The monoisotopic (exact) mass is 358 g/mol. The summed E-state index contributed by atoms with van der Waals surface area (Å²) in [5.74, 6) is 0.961. The number of methoxy groups -OCH3 is 1. The van der Waals surface area contributed by atoms with Crippen molar-refractivity contribution in [1.29, 1.82) is 5.26 Å². The quantitative estimate of drug-likeness (QED) is 0.770. The number of likely N-dealkylation sites (N-methyl/N-ethyl adjacent to an activating group) is 1. The van der Waals surface area contributed by atoms with Crippen molar-refractivity contribution in [2.45, 2.75) is 25.3 Å². The number of likely N-dealkylation sites (tertiary alicyclic amines) is 1. The molecule has 2 atom stereocenters. The predicted molar refractivity (Wildman–Crippen MR) is 102 cm³/mol. The number of nitrogens with one attached hydrogen (secondary N) is 1. The van der Waals surface area contributed by atoms with Crippen molar-refractivity contribution >= 4 is 5.91 Å². The van der Waals surface area contributed by atoms with E-state index in [1.807, 2.05) is 38.4 Å². The molecule has 1 aromatic carbocycles. The van der Waals surface area contributed by atoms with Crippen LogP contribution in [-0.4, -0.2) is 63.1 Å².